The molecule has 6 nitrogen and oxygen atoms in total. The lowest BCUT2D eigenvalue weighted by Gasteiger charge is -2.15. The molecule has 8 heteroatoms. The molecule has 2 amide bonds. The van der Waals surface area contributed by atoms with Crippen LogP contribution in [0.25, 0.3) is 0 Å². The number of amides is 2. The molecule has 0 saturated carbocycles. The molecule has 0 aliphatic rings. The Labute approximate surface area is 143 Å². The van der Waals surface area contributed by atoms with Crippen molar-refractivity contribution in [3.8, 4) is 0 Å². The molecule has 0 N–H and O–H groups in total. The van der Waals surface area contributed by atoms with E-state index in [1.807, 2.05) is 73.8 Å². The Morgan fingerprint density at radius 1 is 0.750 bits per heavy atom. The highest BCUT2D eigenvalue weighted by atomic mass is 28.3. The van der Waals surface area contributed by atoms with E-state index in [1.165, 1.54) is 0 Å². The van der Waals surface area contributed by atoms with E-state index in [0.29, 0.717) is 0 Å². The summed E-state index contributed by atoms with van der Waals surface area (Å²) in [5.74, 6) is 0. The molecule has 0 heterocycles. The Morgan fingerprint density at radius 3 is 1.58 bits per heavy atom. The van der Waals surface area contributed by atoms with Gasteiger partial charge in [-0.1, -0.05) is 70.9 Å². The fourth-order valence-corrected chi connectivity index (χ4v) is 4.52. The van der Waals surface area contributed by atoms with Crippen LogP contribution < -0.4 is 10.4 Å². The zero-order valence-electron chi connectivity index (χ0n) is 13.5. The summed E-state index contributed by atoms with van der Waals surface area (Å²) >= 11 is 0. The summed E-state index contributed by atoms with van der Waals surface area (Å²) in [4.78, 5) is 23.3. The third kappa shape index (κ3) is 5.56. The van der Waals surface area contributed by atoms with Gasteiger partial charge in [-0.2, -0.15) is 0 Å². The molecule has 0 aromatic heterocycles. The first-order valence-corrected chi connectivity index (χ1v) is 11.9. The summed E-state index contributed by atoms with van der Waals surface area (Å²) in [7, 11) is -3.81. The van der Waals surface area contributed by atoms with E-state index in [-0.39, 0.29) is 0 Å². The molecule has 2 aromatic rings. The molecule has 0 radical (unpaired) electrons. The van der Waals surface area contributed by atoms with Gasteiger partial charge in [0.15, 0.2) is 0 Å². The summed E-state index contributed by atoms with van der Waals surface area (Å²) < 4.78 is 10.4. The Bertz CT molecular complexity index is 669. The summed E-state index contributed by atoms with van der Waals surface area (Å²) in [6, 6.07) is 19.0. The second-order valence-electron chi connectivity index (χ2n) is 5.22. The maximum atomic E-state index is 11.9. The van der Waals surface area contributed by atoms with Crippen LogP contribution in [0.2, 0.25) is 13.1 Å². The molecule has 24 heavy (non-hydrogen) atoms. The zero-order chi connectivity index (χ0) is 17.4. The first-order valence-electron chi connectivity index (χ1n) is 7.49. The molecular formula is C16H18N2O4Si2. The van der Waals surface area contributed by atoms with Gasteiger partial charge in [-0.15, -0.1) is 0 Å². The van der Waals surface area contributed by atoms with Crippen LogP contribution in [0, 0.1) is 0 Å². The topological polar surface area (TPSA) is 77.3 Å². The minimum absolute atomic E-state index is 0.855. The molecule has 0 atom stereocenters. The summed E-state index contributed by atoms with van der Waals surface area (Å²) in [5.41, 5.74) is 0. The largest absolute Gasteiger partial charge is 0.504 e. The predicted molar refractivity (Wildman–Crippen MR) is 96.0 cm³/mol. The second-order valence-corrected chi connectivity index (χ2v) is 9.88. The third-order valence-electron chi connectivity index (χ3n) is 2.97. The lowest BCUT2D eigenvalue weighted by Crippen LogP contribution is -2.45. The van der Waals surface area contributed by atoms with Crippen LogP contribution in [0.1, 0.15) is 0 Å². The molecule has 0 aliphatic heterocycles. The average Bonchev–Trinajstić information content (AvgIpc) is 2.59. The van der Waals surface area contributed by atoms with Crippen molar-refractivity contribution in [3.05, 3.63) is 60.7 Å². The van der Waals surface area contributed by atoms with Crippen LogP contribution in [-0.2, 0) is 8.85 Å². The number of azo groups is 1. The van der Waals surface area contributed by atoms with Crippen LogP contribution in [0.4, 0.5) is 9.59 Å². The highest BCUT2D eigenvalue weighted by Crippen LogP contribution is 1.98. The summed E-state index contributed by atoms with van der Waals surface area (Å²) in [6.45, 7) is 3.64. The molecule has 0 fully saturated rings. The first kappa shape index (κ1) is 17.8. The van der Waals surface area contributed by atoms with Crippen molar-refractivity contribution in [1.82, 2.24) is 0 Å². The van der Waals surface area contributed by atoms with Gasteiger partial charge in [0, 0.05) is 0 Å². The van der Waals surface area contributed by atoms with E-state index >= 15 is 0 Å². The number of hydrogen-bond donors (Lipinski definition) is 0. The van der Waals surface area contributed by atoms with E-state index in [1.54, 1.807) is 0 Å². The Morgan fingerprint density at radius 2 is 1.17 bits per heavy atom. The first-order chi connectivity index (χ1) is 11.6. The standard InChI is InChI=1S/C16H18N2O4Si2/c1-23(2)21-15(19)17-18-16(20)22-24(13-9-5-3-6-10-13)14-11-7-4-8-12-14/h3-12,23-24H,1-2H3. The molecule has 124 valence electrons. The minimum atomic E-state index is -2.25. The molecular weight excluding hydrogens is 340 g/mol. The zero-order valence-corrected chi connectivity index (χ0v) is 15.8. The van der Waals surface area contributed by atoms with Gasteiger partial charge < -0.3 is 8.85 Å². The van der Waals surface area contributed by atoms with Gasteiger partial charge in [-0.05, 0) is 23.5 Å². The van der Waals surface area contributed by atoms with Crippen molar-refractivity contribution in [2.45, 2.75) is 13.1 Å². The molecule has 2 aromatic carbocycles. The van der Waals surface area contributed by atoms with Crippen LogP contribution in [-0.4, -0.2) is 30.3 Å². The molecule has 0 unspecified atom stereocenters. The molecule has 0 bridgehead atoms. The monoisotopic (exact) mass is 358 g/mol. The van der Waals surface area contributed by atoms with Crippen molar-refractivity contribution >= 4 is 40.6 Å². The summed E-state index contributed by atoms with van der Waals surface area (Å²) in [5, 5.41) is 8.43. The van der Waals surface area contributed by atoms with Crippen molar-refractivity contribution < 1.29 is 18.4 Å². The van der Waals surface area contributed by atoms with E-state index < -0.39 is 30.3 Å². The van der Waals surface area contributed by atoms with E-state index in [9.17, 15) is 9.59 Å². The SMILES string of the molecule is C[SiH](C)OC(=O)N=NC(=O)O[SiH](c1ccccc1)c1ccccc1. The summed E-state index contributed by atoms with van der Waals surface area (Å²) in [6.07, 6.45) is -1.74. The Balaban J connectivity index is 2.13. The molecule has 2 rings (SSSR count). The third-order valence-corrected chi connectivity index (χ3v) is 6.06. The fraction of sp³-hybridized carbons (Fsp3) is 0.125. The van der Waals surface area contributed by atoms with Gasteiger partial charge in [0.25, 0.3) is 0 Å². The predicted octanol–water partition coefficient (Wildman–Crippen LogP) is 2.23. The fourth-order valence-electron chi connectivity index (χ4n) is 2.02. The molecule has 0 spiro atoms. The molecule has 0 aliphatic carbocycles. The number of carbonyl (C=O) groups is 2. The number of nitrogens with zero attached hydrogens (tertiary/aromatic N) is 2. The Hall–Kier alpha value is -2.59. The van der Waals surface area contributed by atoms with Crippen LogP contribution in [0.3, 0.4) is 0 Å². The van der Waals surface area contributed by atoms with E-state index in [0.717, 1.165) is 10.4 Å². The van der Waals surface area contributed by atoms with Crippen molar-refractivity contribution in [1.29, 1.82) is 0 Å². The van der Waals surface area contributed by atoms with Crippen LogP contribution in [0.5, 0.6) is 0 Å². The number of rotatable bonds is 4. The maximum Gasteiger partial charge on any atom is 0.439 e. The van der Waals surface area contributed by atoms with Gasteiger partial charge in [-0.3, -0.25) is 0 Å². The van der Waals surface area contributed by atoms with Gasteiger partial charge in [0.1, 0.15) is 0 Å². The van der Waals surface area contributed by atoms with Crippen molar-refractivity contribution in [2.75, 3.05) is 0 Å². The quantitative estimate of drug-likeness (QED) is 0.620. The number of benzene rings is 2. The van der Waals surface area contributed by atoms with Crippen LogP contribution >= 0.6 is 0 Å². The van der Waals surface area contributed by atoms with Gasteiger partial charge in [-0.25, -0.2) is 9.59 Å². The minimum Gasteiger partial charge on any atom is -0.504 e. The molecule has 0 saturated heterocycles. The van der Waals surface area contributed by atoms with Gasteiger partial charge in [0.2, 0.25) is 9.04 Å². The normalized spacial score (nSPS) is 11.0. The maximum absolute atomic E-state index is 11.9. The lowest BCUT2D eigenvalue weighted by molar-refractivity contribution is 0.201. The van der Waals surface area contributed by atoms with E-state index in [2.05, 4.69) is 10.2 Å². The van der Waals surface area contributed by atoms with E-state index in [4.69, 9.17) is 8.85 Å². The van der Waals surface area contributed by atoms with Gasteiger partial charge in [0.05, 0.1) is 0 Å². The lowest BCUT2D eigenvalue weighted by atomic mass is 10.4. The number of hydrogen-bond acceptors (Lipinski definition) is 4. The average molecular weight is 359 g/mol. The van der Waals surface area contributed by atoms with Crippen LogP contribution in [0.15, 0.2) is 70.9 Å². The van der Waals surface area contributed by atoms with Crippen molar-refractivity contribution in [3.63, 3.8) is 0 Å². The van der Waals surface area contributed by atoms with Crippen molar-refractivity contribution in [2.24, 2.45) is 10.2 Å². The Kier molecular flexibility index (Phi) is 6.58. The van der Waals surface area contributed by atoms with Gasteiger partial charge >= 0.3 is 21.2 Å². The highest BCUT2D eigenvalue weighted by molar-refractivity contribution is 6.81. The second kappa shape index (κ2) is 8.89. The number of carbonyl (C=O) groups excluding carboxylic acids is 2. The smallest absolute Gasteiger partial charge is 0.439 e. The highest BCUT2D eigenvalue weighted by Gasteiger charge is 2.22.